The molecule has 0 spiro atoms. The molecule has 1 aromatic heterocycles. The lowest BCUT2D eigenvalue weighted by atomic mass is 9.90. The molecule has 2 fully saturated rings. The second kappa shape index (κ2) is 6.60. The fourth-order valence-electron chi connectivity index (χ4n) is 3.43. The molecule has 2 aliphatic heterocycles. The van der Waals surface area contributed by atoms with Crippen LogP contribution in [-0.4, -0.2) is 41.7 Å². The van der Waals surface area contributed by atoms with Gasteiger partial charge in [-0.2, -0.15) is 4.98 Å². The Labute approximate surface area is 127 Å². The van der Waals surface area contributed by atoms with E-state index in [1.54, 1.807) is 6.20 Å². The molecule has 5 heteroatoms. The molecule has 1 aromatic rings. The molecule has 21 heavy (non-hydrogen) atoms. The van der Waals surface area contributed by atoms with Crippen LogP contribution in [0, 0.1) is 5.92 Å². The van der Waals surface area contributed by atoms with Gasteiger partial charge in [-0.15, -0.1) is 0 Å². The summed E-state index contributed by atoms with van der Waals surface area (Å²) >= 11 is 0. The SMILES string of the molecule is CC(C)Oc1ccnc(N2CCCC(C3CCCN3)C2)n1. The van der Waals surface area contributed by atoms with E-state index in [9.17, 15) is 0 Å². The van der Waals surface area contributed by atoms with Crippen LogP contribution in [0.2, 0.25) is 0 Å². The quantitative estimate of drug-likeness (QED) is 0.921. The molecule has 2 unspecified atom stereocenters. The molecule has 0 amide bonds. The average Bonchev–Trinajstić information content (AvgIpc) is 3.01. The summed E-state index contributed by atoms with van der Waals surface area (Å²) in [7, 11) is 0. The fourth-order valence-corrected chi connectivity index (χ4v) is 3.43. The Morgan fingerprint density at radius 3 is 3.00 bits per heavy atom. The Morgan fingerprint density at radius 1 is 1.33 bits per heavy atom. The van der Waals surface area contributed by atoms with Crippen LogP contribution < -0.4 is 15.0 Å². The highest BCUT2D eigenvalue weighted by Gasteiger charge is 2.30. The summed E-state index contributed by atoms with van der Waals surface area (Å²) in [5, 5.41) is 3.64. The largest absolute Gasteiger partial charge is 0.475 e. The number of ether oxygens (including phenoxy) is 1. The van der Waals surface area contributed by atoms with Crippen molar-refractivity contribution in [2.24, 2.45) is 5.92 Å². The van der Waals surface area contributed by atoms with Crippen LogP contribution in [0.4, 0.5) is 5.95 Å². The maximum absolute atomic E-state index is 5.68. The van der Waals surface area contributed by atoms with Crippen molar-refractivity contribution in [3.63, 3.8) is 0 Å². The zero-order valence-corrected chi connectivity index (χ0v) is 13.1. The highest BCUT2D eigenvalue weighted by atomic mass is 16.5. The third-order valence-corrected chi connectivity index (χ3v) is 4.38. The molecule has 3 heterocycles. The highest BCUT2D eigenvalue weighted by Crippen LogP contribution is 2.27. The molecule has 0 radical (unpaired) electrons. The van der Waals surface area contributed by atoms with Gasteiger partial charge in [-0.3, -0.25) is 0 Å². The smallest absolute Gasteiger partial charge is 0.228 e. The van der Waals surface area contributed by atoms with Crippen molar-refractivity contribution in [1.29, 1.82) is 0 Å². The summed E-state index contributed by atoms with van der Waals surface area (Å²) in [4.78, 5) is 11.3. The summed E-state index contributed by atoms with van der Waals surface area (Å²) in [5.74, 6) is 2.21. The van der Waals surface area contributed by atoms with Gasteiger partial charge in [0, 0.05) is 31.4 Å². The normalized spacial score (nSPS) is 26.3. The Hall–Kier alpha value is -1.36. The molecule has 2 atom stereocenters. The predicted octanol–water partition coefficient (Wildman–Crippen LogP) is 2.23. The van der Waals surface area contributed by atoms with E-state index in [0.29, 0.717) is 11.9 Å². The number of rotatable bonds is 4. The first-order valence-corrected chi connectivity index (χ1v) is 8.20. The number of nitrogens with one attached hydrogen (secondary N) is 1. The third-order valence-electron chi connectivity index (χ3n) is 4.38. The summed E-state index contributed by atoms with van der Waals surface area (Å²) in [6.45, 7) is 7.32. The fraction of sp³-hybridized carbons (Fsp3) is 0.750. The minimum atomic E-state index is 0.143. The van der Waals surface area contributed by atoms with Gasteiger partial charge in [0.25, 0.3) is 0 Å². The van der Waals surface area contributed by atoms with Gasteiger partial charge in [0.2, 0.25) is 11.8 Å². The van der Waals surface area contributed by atoms with Crippen molar-refractivity contribution in [1.82, 2.24) is 15.3 Å². The monoisotopic (exact) mass is 290 g/mol. The standard InChI is InChI=1S/C16H26N4O/c1-12(2)21-15-7-9-18-16(19-15)20-10-4-5-13(11-20)14-6-3-8-17-14/h7,9,12-14,17H,3-6,8,10-11H2,1-2H3. The maximum atomic E-state index is 5.68. The maximum Gasteiger partial charge on any atom is 0.228 e. The van der Waals surface area contributed by atoms with E-state index >= 15 is 0 Å². The molecular formula is C16H26N4O. The second-order valence-electron chi connectivity index (χ2n) is 6.41. The van der Waals surface area contributed by atoms with Gasteiger partial charge >= 0.3 is 0 Å². The molecule has 2 saturated heterocycles. The van der Waals surface area contributed by atoms with Crippen molar-refractivity contribution >= 4 is 5.95 Å². The van der Waals surface area contributed by atoms with Gasteiger partial charge in [0.15, 0.2) is 0 Å². The van der Waals surface area contributed by atoms with Crippen LogP contribution >= 0.6 is 0 Å². The Morgan fingerprint density at radius 2 is 2.24 bits per heavy atom. The zero-order valence-electron chi connectivity index (χ0n) is 13.1. The van der Waals surface area contributed by atoms with Gasteiger partial charge in [-0.1, -0.05) is 0 Å². The topological polar surface area (TPSA) is 50.3 Å². The molecule has 0 bridgehead atoms. The first-order chi connectivity index (χ1) is 10.2. The average molecular weight is 290 g/mol. The minimum absolute atomic E-state index is 0.143. The molecular weight excluding hydrogens is 264 g/mol. The zero-order chi connectivity index (χ0) is 14.7. The van der Waals surface area contributed by atoms with Crippen LogP contribution in [0.5, 0.6) is 5.88 Å². The van der Waals surface area contributed by atoms with E-state index in [4.69, 9.17) is 4.74 Å². The van der Waals surface area contributed by atoms with Gasteiger partial charge < -0.3 is 15.0 Å². The van der Waals surface area contributed by atoms with E-state index in [1.165, 1.54) is 32.2 Å². The molecule has 2 aliphatic rings. The lowest BCUT2D eigenvalue weighted by Gasteiger charge is -2.35. The van der Waals surface area contributed by atoms with Crippen molar-refractivity contribution in [3.05, 3.63) is 12.3 Å². The van der Waals surface area contributed by atoms with Gasteiger partial charge in [0.1, 0.15) is 0 Å². The summed E-state index contributed by atoms with van der Waals surface area (Å²) < 4.78 is 5.68. The first-order valence-electron chi connectivity index (χ1n) is 8.20. The summed E-state index contributed by atoms with van der Waals surface area (Å²) in [6, 6.07) is 2.52. The second-order valence-corrected chi connectivity index (χ2v) is 6.41. The molecule has 0 saturated carbocycles. The van der Waals surface area contributed by atoms with E-state index in [2.05, 4.69) is 20.2 Å². The lowest BCUT2D eigenvalue weighted by Crippen LogP contribution is -2.44. The molecule has 3 rings (SSSR count). The number of hydrogen-bond acceptors (Lipinski definition) is 5. The van der Waals surface area contributed by atoms with Crippen molar-refractivity contribution in [3.8, 4) is 5.88 Å². The van der Waals surface area contributed by atoms with Crippen LogP contribution in [-0.2, 0) is 0 Å². The number of hydrogen-bond donors (Lipinski definition) is 1. The van der Waals surface area contributed by atoms with E-state index < -0.39 is 0 Å². The van der Waals surface area contributed by atoms with E-state index in [0.717, 1.165) is 25.0 Å². The summed E-state index contributed by atoms with van der Waals surface area (Å²) in [6.07, 6.45) is 7.12. The Kier molecular flexibility index (Phi) is 4.58. The number of piperidine rings is 1. The first kappa shape index (κ1) is 14.6. The van der Waals surface area contributed by atoms with Gasteiger partial charge in [-0.25, -0.2) is 4.98 Å². The van der Waals surface area contributed by atoms with Gasteiger partial charge in [0.05, 0.1) is 6.10 Å². The molecule has 1 N–H and O–H groups in total. The predicted molar refractivity (Wildman–Crippen MR) is 83.8 cm³/mol. The highest BCUT2D eigenvalue weighted by molar-refractivity contribution is 5.33. The number of nitrogens with zero attached hydrogens (tertiary/aromatic N) is 3. The minimum Gasteiger partial charge on any atom is -0.475 e. The van der Waals surface area contributed by atoms with Crippen molar-refractivity contribution < 1.29 is 4.74 Å². The van der Waals surface area contributed by atoms with Crippen LogP contribution in [0.3, 0.4) is 0 Å². The Balaban J connectivity index is 1.67. The van der Waals surface area contributed by atoms with Crippen molar-refractivity contribution in [2.45, 2.75) is 51.7 Å². The van der Waals surface area contributed by atoms with Gasteiger partial charge in [-0.05, 0) is 52.0 Å². The molecule has 0 aliphatic carbocycles. The van der Waals surface area contributed by atoms with E-state index in [1.807, 2.05) is 19.9 Å². The number of anilines is 1. The summed E-state index contributed by atoms with van der Waals surface area (Å²) in [5.41, 5.74) is 0. The lowest BCUT2D eigenvalue weighted by molar-refractivity contribution is 0.232. The molecule has 5 nitrogen and oxygen atoms in total. The van der Waals surface area contributed by atoms with Crippen LogP contribution in [0.1, 0.15) is 39.5 Å². The van der Waals surface area contributed by atoms with Crippen molar-refractivity contribution in [2.75, 3.05) is 24.5 Å². The third kappa shape index (κ3) is 3.64. The van der Waals surface area contributed by atoms with Crippen LogP contribution in [0.25, 0.3) is 0 Å². The van der Waals surface area contributed by atoms with E-state index in [-0.39, 0.29) is 6.10 Å². The van der Waals surface area contributed by atoms with Crippen LogP contribution in [0.15, 0.2) is 12.3 Å². The molecule has 0 aromatic carbocycles. The molecule has 116 valence electrons. The Bertz CT molecular complexity index is 459. The number of aromatic nitrogens is 2.